The van der Waals surface area contributed by atoms with Crippen molar-refractivity contribution >= 4 is 29.3 Å². The van der Waals surface area contributed by atoms with Crippen molar-refractivity contribution < 1.29 is 24.2 Å². The lowest BCUT2D eigenvalue weighted by Crippen LogP contribution is -2.40. The number of rotatable bonds is 9. The largest absolute Gasteiger partial charge is 0.480 e. The number of carbonyl (C=O) groups is 3. The summed E-state index contributed by atoms with van der Waals surface area (Å²) in [5, 5.41) is 16.4. The molecule has 0 saturated carbocycles. The molecule has 0 radical (unpaired) electrons. The molecule has 1 atom stereocenters. The predicted molar refractivity (Wildman–Crippen MR) is 128 cm³/mol. The zero-order valence-corrected chi connectivity index (χ0v) is 19.4. The molecule has 1 aromatic heterocycles. The molecule has 3 aromatic rings. The van der Waals surface area contributed by atoms with E-state index in [0.29, 0.717) is 17.8 Å². The van der Waals surface area contributed by atoms with Crippen molar-refractivity contribution in [1.82, 2.24) is 15.6 Å². The van der Waals surface area contributed by atoms with E-state index in [1.807, 2.05) is 31.2 Å². The summed E-state index contributed by atoms with van der Waals surface area (Å²) >= 11 is 1.20. The summed E-state index contributed by atoms with van der Waals surface area (Å²) < 4.78 is 5.50. The number of aromatic nitrogens is 1. The smallest absolute Gasteiger partial charge is 0.407 e. The highest BCUT2D eigenvalue weighted by Gasteiger charge is 2.29. The number of nitrogens with zero attached hydrogens (tertiary/aromatic N) is 1. The summed E-state index contributed by atoms with van der Waals surface area (Å²) in [6.07, 6.45) is 0.391. The topological polar surface area (TPSA) is 118 Å². The molecule has 34 heavy (non-hydrogen) atoms. The van der Waals surface area contributed by atoms with Gasteiger partial charge in [-0.15, -0.1) is 11.3 Å². The Morgan fingerprint density at radius 1 is 1.09 bits per heavy atom. The molecular weight excluding hydrogens is 454 g/mol. The molecule has 0 unspecified atom stereocenters. The van der Waals surface area contributed by atoms with E-state index in [9.17, 15) is 19.5 Å². The van der Waals surface area contributed by atoms with Gasteiger partial charge >= 0.3 is 12.1 Å². The Balaban J connectivity index is 1.30. The minimum Gasteiger partial charge on any atom is -0.480 e. The number of ether oxygens (including phenoxy) is 1. The van der Waals surface area contributed by atoms with Crippen LogP contribution in [0.1, 0.15) is 52.3 Å². The molecule has 1 aliphatic carbocycles. The van der Waals surface area contributed by atoms with Crippen LogP contribution in [0.25, 0.3) is 11.1 Å². The maximum Gasteiger partial charge on any atom is 0.407 e. The Kier molecular flexibility index (Phi) is 7.22. The third-order valence-corrected chi connectivity index (χ3v) is 6.54. The summed E-state index contributed by atoms with van der Waals surface area (Å²) in [6.45, 7) is 2.16. The van der Waals surface area contributed by atoms with Gasteiger partial charge in [0.05, 0.1) is 6.54 Å². The Morgan fingerprint density at radius 2 is 1.74 bits per heavy atom. The van der Waals surface area contributed by atoms with Crippen molar-refractivity contribution in [2.75, 3.05) is 6.61 Å². The fraction of sp³-hybridized carbons (Fsp3) is 0.280. The number of carboxylic acid groups (broad SMARTS) is 1. The second-order valence-corrected chi connectivity index (χ2v) is 8.90. The normalized spacial score (nSPS) is 13.0. The molecule has 0 saturated heterocycles. The van der Waals surface area contributed by atoms with Crippen molar-refractivity contribution in [3.05, 3.63) is 75.7 Å². The lowest BCUT2D eigenvalue weighted by molar-refractivity contribution is -0.139. The van der Waals surface area contributed by atoms with Crippen LogP contribution in [0.5, 0.6) is 0 Å². The Bertz CT molecular complexity index is 1160. The third-order valence-electron chi connectivity index (χ3n) is 5.69. The molecule has 3 N–H and O–H groups in total. The molecule has 9 heteroatoms. The minimum atomic E-state index is -1.08. The van der Waals surface area contributed by atoms with Gasteiger partial charge in [-0.3, -0.25) is 4.79 Å². The van der Waals surface area contributed by atoms with Crippen LogP contribution in [0.3, 0.4) is 0 Å². The van der Waals surface area contributed by atoms with E-state index >= 15 is 0 Å². The molecule has 2 aromatic carbocycles. The molecule has 0 spiro atoms. The van der Waals surface area contributed by atoms with Gasteiger partial charge in [-0.05, 0) is 28.7 Å². The van der Waals surface area contributed by atoms with Crippen LogP contribution in [-0.2, 0) is 16.1 Å². The van der Waals surface area contributed by atoms with Crippen molar-refractivity contribution in [2.24, 2.45) is 0 Å². The number of fused-ring (bicyclic) bond motifs is 3. The van der Waals surface area contributed by atoms with E-state index in [1.165, 1.54) is 16.7 Å². The highest BCUT2D eigenvalue weighted by molar-refractivity contribution is 7.09. The predicted octanol–water partition coefficient (Wildman–Crippen LogP) is 4.16. The van der Waals surface area contributed by atoms with Crippen molar-refractivity contribution in [2.45, 2.75) is 38.3 Å². The van der Waals surface area contributed by atoms with Crippen molar-refractivity contribution in [3.8, 4) is 11.1 Å². The molecule has 176 valence electrons. The van der Waals surface area contributed by atoms with Crippen LogP contribution in [0, 0.1) is 0 Å². The fourth-order valence-corrected chi connectivity index (χ4v) is 4.79. The highest BCUT2D eigenvalue weighted by atomic mass is 32.1. The molecule has 4 rings (SSSR count). The number of carboxylic acids is 1. The molecule has 0 bridgehead atoms. The summed E-state index contributed by atoms with van der Waals surface area (Å²) in [5.41, 5.74) is 4.70. The number of alkyl carbamates (subject to hydrolysis) is 1. The van der Waals surface area contributed by atoms with E-state index in [0.717, 1.165) is 22.3 Å². The molecular formula is C25H25N3O5S. The Morgan fingerprint density at radius 3 is 2.35 bits per heavy atom. The van der Waals surface area contributed by atoms with E-state index in [1.54, 1.807) is 0 Å². The average Bonchev–Trinajstić information content (AvgIpc) is 3.44. The first-order chi connectivity index (χ1) is 16.5. The third kappa shape index (κ3) is 5.09. The summed E-state index contributed by atoms with van der Waals surface area (Å²) in [7, 11) is 0. The first-order valence-electron chi connectivity index (χ1n) is 11.0. The SMILES string of the molecule is CCC[C@@H](NC(=O)c1csc(CNC(=O)OCC2c3ccccc3-c3ccccc32)n1)C(=O)O. The van der Waals surface area contributed by atoms with E-state index in [-0.39, 0.29) is 24.8 Å². The van der Waals surface area contributed by atoms with Gasteiger partial charge in [-0.25, -0.2) is 14.6 Å². The zero-order valence-electron chi connectivity index (χ0n) is 18.6. The van der Waals surface area contributed by atoms with E-state index in [2.05, 4.69) is 39.9 Å². The van der Waals surface area contributed by atoms with E-state index in [4.69, 9.17) is 4.74 Å². The molecule has 8 nitrogen and oxygen atoms in total. The van der Waals surface area contributed by atoms with Crippen molar-refractivity contribution in [3.63, 3.8) is 0 Å². The first-order valence-corrected chi connectivity index (χ1v) is 11.9. The lowest BCUT2D eigenvalue weighted by atomic mass is 9.98. The van der Waals surface area contributed by atoms with Gasteiger partial charge in [0.1, 0.15) is 23.4 Å². The molecule has 0 aliphatic heterocycles. The minimum absolute atomic E-state index is 0.0291. The van der Waals surface area contributed by atoms with Crippen LogP contribution >= 0.6 is 11.3 Å². The quantitative estimate of drug-likeness (QED) is 0.424. The Labute approximate surface area is 201 Å². The van der Waals surface area contributed by atoms with Crippen LogP contribution in [0.15, 0.2) is 53.9 Å². The highest BCUT2D eigenvalue weighted by Crippen LogP contribution is 2.44. The monoisotopic (exact) mass is 479 g/mol. The van der Waals surface area contributed by atoms with E-state index < -0.39 is 24.0 Å². The number of benzene rings is 2. The maximum absolute atomic E-state index is 12.3. The summed E-state index contributed by atoms with van der Waals surface area (Å²) in [6, 6.07) is 15.3. The number of hydrogen-bond donors (Lipinski definition) is 3. The van der Waals surface area contributed by atoms with Gasteiger partial charge in [0.2, 0.25) is 0 Å². The number of nitrogens with one attached hydrogen (secondary N) is 2. The molecule has 1 heterocycles. The molecule has 2 amide bonds. The van der Waals surface area contributed by atoms with Crippen LogP contribution in [0.2, 0.25) is 0 Å². The van der Waals surface area contributed by atoms with Gasteiger partial charge in [0.15, 0.2) is 0 Å². The van der Waals surface area contributed by atoms with Gasteiger partial charge < -0.3 is 20.5 Å². The second-order valence-electron chi connectivity index (χ2n) is 7.96. The number of thiazole rings is 1. The van der Waals surface area contributed by atoms with Gasteiger partial charge in [-0.1, -0.05) is 61.9 Å². The van der Waals surface area contributed by atoms with Crippen LogP contribution in [0.4, 0.5) is 4.79 Å². The second kappa shape index (κ2) is 10.5. The average molecular weight is 480 g/mol. The zero-order chi connectivity index (χ0) is 24.1. The number of aliphatic carboxylic acids is 1. The standard InChI is InChI=1S/C25H25N3O5S/c1-2-7-20(24(30)31)28-23(29)21-14-34-22(27-21)12-26-25(32)33-13-19-17-10-5-3-8-15(17)16-9-4-6-11-18(16)19/h3-6,8-11,14,19-20H,2,7,12-13H2,1H3,(H,26,32)(H,28,29)(H,30,31)/t20-/m1/s1. The summed E-state index contributed by atoms with van der Waals surface area (Å²) in [4.78, 5) is 40.1. The van der Waals surface area contributed by atoms with Crippen LogP contribution in [-0.4, -0.2) is 40.7 Å². The summed E-state index contributed by atoms with van der Waals surface area (Å²) in [5.74, 6) is -1.66. The van der Waals surface area contributed by atoms with Gasteiger partial charge in [-0.2, -0.15) is 0 Å². The Hall–Kier alpha value is -3.72. The fourth-order valence-electron chi connectivity index (χ4n) is 4.07. The number of hydrogen-bond acceptors (Lipinski definition) is 6. The molecule has 1 aliphatic rings. The first kappa shape index (κ1) is 23.4. The number of carbonyl (C=O) groups excluding carboxylic acids is 2. The van der Waals surface area contributed by atoms with Gasteiger partial charge in [0.25, 0.3) is 5.91 Å². The maximum atomic E-state index is 12.3. The lowest BCUT2D eigenvalue weighted by Gasteiger charge is -2.14. The van der Waals surface area contributed by atoms with Crippen LogP contribution < -0.4 is 10.6 Å². The molecule has 0 fully saturated rings. The van der Waals surface area contributed by atoms with Gasteiger partial charge in [0, 0.05) is 11.3 Å². The number of amides is 2. The van der Waals surface area contributed by atoms with Crippen molar-refractivity contribution in [1.29, 1.82) is 0 Å².